The van der Waals surface area contributed by atoms with E-state index in [4.69, 9.17) is 9.05 Å². The summed E-state index contributed by atoms with van der Waals surface area (Å²) in [6.45, 7) is 1.84. The van der Waals surface area contributed by atoms with Gasteiger partial charge in [-0.25, -0.2) is 4.57 Å². The van der Waals surface area contributed by atoms with Crippen molar-refractivity contribution in [2.75, 3.05) is 11.7 Å². The maximum atomic E-state index is 12.7. The number of hydrogen-bond donors (Lipinski definition) is 1. The zero-order valence-corrected chi connectivity index (χ0v) is 12.7. The molecule has 7 nitrogen and oxygen atoms in total. The Kier molecular flexibility index (Phi) is 5.14. The molecule has 2 aromatic carbocycles. The summed E-state index contributed by atoms with van der Waals surface area (Å²) in [6, 6.07) is 14.2. The average molecular weight is 322 g/mol. The minimum Gasteiger partial charge on any atom is -0.409 e. The van der Waals surface area contributed by atoms with Crippen LogP contribution in [0.3, 0.4) is 0 Å². The number of rotatable bonds is 7. The molecule has 1 atom stereocenters. The van der Waals surface area contributed by atoms with Crippen LogP contribution in [0, 0.1) is 10.1 Å². The van der Waals surface area contributed by atoms with Crippen molar-refractivity contribution in [1.82, 2.24) is 0 Å². The van der Waals surface area contributed by atoms with E-state index in [1.165, 1.54) is 24.3 Å². The second-order valence-corrected chi connectivity index (χ2v) is 5.90. The number of hydrogen-bond acceptors (Lipinski definition) is 5. The Morgan fingerprint density at radius 1 is 1.18 bits per heavy atom. The fourth-order valence-corrected chi connectivity index (χ4v) is 3.07. The third-order valence-corrected chi connectivity index (χ3v) is 4.17. The van der Waals surface area contributed by atoms with Crippen molar-refractivity contribution in [3.63, 3.8) is 0 Å². The van der Waals surface area contributed by atoms with Crippen molar-refractivity contribution in [3.8, 4) is 5.75 Å². The average Bonchev–Trinajstić information content (AvgIpc) is 2.48. The molecule has 0 spiro atoms. The van der Waals surface area contributed by atoms with E-state index in [1.54, 1.807) is 31.2 Å². The maximum Gasteiger partial charge on any atom is 0.486 e. The van der Waals surface area contributed by atoms with Crippen molar-refractivity contribution in [2.24, 2.45) is 0 Å². The Morgan fingerprint density at radius 3 is 2.55 bits per heavy atom. The first-order chi connectivity index (χ1) is 10.5. The van der Waals surface area contributed by atoms with Gasteiger partial charge in [0, 0.05) is 11.8 Å². The van der Waals surface area contributed by atoms with Gasteiger partial charge in [0.25, 0.3) is 5.69 Å². The molecule has 2 rings (SSSR count). The van der Waals surface area contributed by atoms with Gasteiger partial charge in [-0.15, -0.1) is 0 Å². The number of benzene rings is 2. The van der Waals surface area contributed by atoms with Crippen molar-refractivity contribution in [2.45, 2.75) is 6.92 Å². The van der Waals surface area contributed by atoms with E-state index in [0.29, 0.717) is 5.69 Å². The highest BCUT2D eigenvalue weighted by Crippen LogP contribution is 2.48. The standard InChI is InChI=1S/C14H15N2O5P/c1-2-20-22(19,15-12-7-4-3-5-8-12)21-14-10-6-9-13(11-14)16(17)18/h3-11H,2H2,1H3,(H,15,19). The topological polar surface area (TPSA) is 90.7 Å². The molecule has 22 heavy (non-hydrogen) atoms. The predicted octanol–water partition coefficient (Wildman–Crippen LogP) is 4.23. The molecule has 0 amide bonds. The molecule has 0 aliphatic carbocycles. The number of non-ortho nitro benzene ring substituents is 1. The summed E-state index contributed by atoms with van der Waals surface area (Å²) in [5.74, 6) is 0.0921. The first-order valence-electron chi connectivity index (χ1n) is 6.54. The highest BCUT2D eigenvalue weighted by atomic mass is 31.2. The zero-order chi connectivity index (χ0) is 16.0. The Balaban J connectivity index is 2.22. The predicted molar refractivity (Wildman–Crippen MR) is 83.0 cm³/mol. The van der Waals surface area contributed by atoms with Gasteiger partial charge in [0.05, 0.1) is 17.6 Å². The van der Waals surface area contributed by atoms with Crippen LogP contribution in [0.4, 0.5) is 11.4 Å². The molecule has 0 aliphatic rings. The monoisotopic (exact) mass is 322 g/mol. The summed E-state index contributed by atoms with van der Waals surface area (Å²) < 4.78 is 23.3. The summed E-state index contributed by atoms with van der Waals surface area (Å²) in [6.07, 6.45) is 0. The van der Waals surface area contributed by atoms with Crippen LogP contribution in [0.25, 0.3) is 0 Å². The van der Waals surface area contributed by atoms with Gasteiger partial charge in [-0.2, -0.15) is 0 Å². The fraction of sp³-hybridized carbons (Fsp3) is 0.143. The van der Waals surface area contributed by atoms with Gasteiger partial charge in [0.1, 0.15) is 5.75 Å². The summed E-state index contributed by atoms with van der Waals surface area (Å²) in [5.41, 5.74) is 0.407. The maximum absolute atomic E-state index is 12.7. The van der Waals surface area contributed by atoms with Crippen molar-refractivity contribution in [1.29, 1.82) is 0 Å². The minimum atomic E-state index is -3.69. The summed E-state index contributed by atoms with van der Waals surface area (Å²) in [7, 11) is -3.69. The molecular formula is C14H15N2O5P. The van der Waals surface area contributed by atoms with Crippen LogP contribution < -0.4 is 9.61 Å². The lowest BCUT2D eigenvalue weighted by molar-refractivity contribution is -0.384. The lowest BCUT2D eigenvalue weighted by Crippen LogP contribution is -2.07. The number of anilines is 1. The quantitative estimate of drug-likeness (QED) is 0.466. The molecule has 0 saturated carbocycles. The Morgan fingerprint density at radius 2 is 1.91 bits per heavy atom. The molecule has 0 bridgehead atoms. The number of nitrogens with zero attached hydrogens (tertiary/aromatic N) is 1. The van der Waals surface area contributed by atoms with E-state index in [1.807, 2.05) is 6.07 Å². The van der Waals surface area contributed by atoms with Crippen LogP contribution >= 0.6 is 7.75 Å². The first kappa shape index (κ1) is 16.0. The summed E-state index contributed by atoms with van der Waals surface area (Å²) in [4.78, 5) is 10.2. The molecule has 1 unspecified atom stereocenters. The van der Waals surface area contributed by atoms with Gasteiger partial charge < -0.3 is 4.52 Å². The number of nitro benzene ring substituents is 1. The second kappa shape index (κ2) is 7.06. The highest BCUT2D eigenvalue weighted by Gasteiger charge is 2.27. The fourth-order valence-electron chi connectivity index (χ4n) is 1.71. The van der Waals surface area contributed by atoms with E-state index in [-0.39, 0.29) is 18.0 Å². The Bertz CT molecular complexity index is 693. The van der Waals surface area contributed by atoms with Gasteiger partial charge in [0.15, 0.2) is 0 Å². The van der Waals surface area contributed by atoms with Crippen molar-refractivity contribution < 1.29 is 18.5 Å². The third-order valence-electron chi connectivity index (χ3n) is 2.59. The minimum absolute atomic E-state index is 0.0921. The molecule has 2 aromatic rings. The van der Waals surface area contributed by atoms with Crippen LogP contribution in [0.5, 0.6) is 5.75 Å². The van der Waals surface area contributed by atoms with Gasteiger partial charge >= 0.3 is 7.75 Å². The van der Waals surface area contributed by atoms with Crippen molar-refractivity contribution in [3.05, 3.63) is 64.7 Å². The molecule has 0 aromatic heterocycles. The normalized spacial score (nSPS) is 13.1. The molecular weight excluding hydrogens is 307 g/mol. The zero-order valence-electron chi connectivity index (χ0n) is 11.8. The number of nitrogens with one attached hydrogen (secondary N) is 1. The molecule has 116 valence electrons. The number of para-hydroxylation sites is 1. The lowest BCUT2D eigenvalue weighted by Gasteiger charge is -2.19. The van der Waals surface area contributed by atoms with Crippen LogP contribution in [0.2, 0.25) is 0 Å². The Labute approximate surface area is 127 Å². The van der Waals surface area contributed by atoms with E-state index in [9.17, 15) is 14.7 Å². The van der Waals surface area contributed by atoms with Crippen LogP contribution in [-0.4, -0.2) is 11.5 Å². The van der Waals surface area contributed by atoms with E-state index >= 15 is 0 Å². The molecule has 0 fully saturated rings. The molecule has 1 N–H and O–H groups in total. The van der Waals surface area contributed by atoms with Gasteiger partial charge in [-0.05, 0) is 25.1 Å². The van der Waals surface area contributed by atoms with E-state index < -0.39 is 12.7 Å². The third kappa shape index (κ3) is 4.31. The summed E-state index contributed by atoms with van der Waals surface area (Å²) in [5, 5.41) is 13.5. The molecule has 8 heteroatoms. The smallest absolute Gasteiger partial charge is 0.409 e. The van der Waals surface area contributed by atoms with E-state index in [2.05, 4.69) is 5.09 Å². The molecule has 0 radical (unpaired) electrons. The van der Waals surface area contributed by atoms with Gasteiger partial charge in [-0.3, -0.25) is 19.7 Å². The van der Waals surface area contributed by atoms with Crippen LogP contribution in [0.1, 0.15) is 6.92 Å². The SMILES string of the molecule is CCOP(=O)(Nc1ccccc1)Oc1cccc([N+](=O)[O-])c1. The second-order valence-electron chi connectivity index (χ2n) is 4.24. The van der Waals surface area contributed by atoms with Gasteiger partial charge in [-0.1, -0.05) is 24.3 Å². The molecule has 0 heterocycles. The van der Waals surface area contributed by atoms with Crippen LogP contribution in [0.15, 0.2) is 54.6 Å². The largest absolute Gasteiger partial charge is 0.486 e. The van der Waals surface area contributed by atoms with E-state index in [0.717, 1.165) is 0 Å². The van der Waals surface area contributed by atoms with Gasteiger partial charge in [0.2, 0.25) is 0 Å². The van der Waals surface area contributed by atoms with Crippen molar-refractivity contribution >= 4 is 19.1 Å². The molecule has 0 saturated heterocycles. The molecule has 0 aliphatic heterocycles. The lowest BCUT2D eigenvalue weighted by atomic mass is 10.3. The number of nitro groups is 1. The Hall–Kier alpha value is -2.37. The van der Waals surface area contributed by atoms with Crippen LogP contribution in [-0.2, 0) is 9.09 Å². The first-order valence-corrected chi connectivity index (χ1v) is 8.08. The summed E-state index contributed by atoms with van der Waals surface area (Å²) >= 11 is 0. The highest BCUT2D eigenvalue weighted by molar-refractivity contribution is 7.55.